The molecule has 4 N–H and O–H groups in total. The first-order valence-electron chi connectivity index (χ1n) is 3.88. The van der Waals surface area contributed by atoms with Gasteiger partial charge in [-0.2, -0.15) is 0 Å². The van der Waals surface area contributed by atoms with Crippen molar-refractivity contribution < 1.29 is 34.8 Å². The van der Waals surface area contributed by atoms with Gasteiger partial charge in [0.2, 0.25) is 6.29 Å². The summed E-state index contributed by atoms with van der Waals surface area (Å²) in [5.41, 5.74) is 0. The zero-order valence-electron chi connectivity index (χ0n) is 7.03. The SMILES string of the molecule is O=C(O)C(O)[C@H]1O[C@@H](O)C(=O)C[C@@H]1O. The predicted octanol–water partition coefficient (Wildman–Crippen LogP) is -2.53. The third-order valence-corrected chi connectivity index (χ3v) is 1.92. The van der Waals surface area contributed by atoms with E-state index in [2.05, 4.69) is 4.74 Å². The number of carboxylic acid groups (broad SMARTS) is 1. The normalized spacial score (nSPS) is 35.4. The highest BCUT2D eigenvalue weighted by Gasteiger charge is 2.41. The number of carboxylic acids is 1. The molecule has 0 aromatic rings. The molecule has 1 aliphatic rings. The molecule has 1 saturated heterocycles. The first-order chi connectivity index (χ1) is 6.43. The molecule has 1 rings (SSSR count). The Balaban J connectivity index is 2.70. The molecular weight excluding hydrogens is 196 g/mol. The van der Waals surface area contributed by atoms with E-state index in [0.717, 1.165) is 0 Å². The number of aliphatic carboxylic acids is 1. The van der Waals surface area contributed by atoms with Crippen molar-refractivity contribution in [2.24, 2.45) is 0 Å². The van der Waals surface area contributed by atoms with E-state index in [1.807, 2.05) is 0 Å². The van der Waals surface area contributed by atoms with Crippen molar-refractivity contribution in [2.45, 2.75) is 31.0 Å². The number of ketones is 1. The maximum absolute atomic E-state index is 10.8. The van der Waals surface area contributed by atoms with Gasteiger partial charge >= 0.3 is 5.97 Å². The Bertz CT molecular complexity index is 250. The Hall–Kier alpha value is -1.02. The van der Waals surface area contributed by atoms with Crippen molar-refractivity contribution in [3.63, 3.8) is 0 Å². The van der Waals surface area contributed by atoms with Gasteiger partial charge < -0.3 is 25.2 Å². The minimum atomic E-state index is -1.97. The Morgan fingerprint density at radius 1 is 1.50 bits per heavy atom. The van der Waals surface area contributed by atoms with Crippen LogP contribution in [-0.4, -0.2) is 56.8 Å². The zero-order chi connectivity index (χ0) is 10.9. The van der Waals surface area contributed by atoms with Crippen molar-refractivity contribution in [2.75, 3.05) is 0 Å². The molecule has 0 amide bonds. The molecule has 4 atom stereocenters. The quantitative estimate of drug-likeness (QED) is 0.392. The molecule has 0 aromatic heterocycles. The minimum absolute atomic E-state index is 0.434. The van der Waals surface area contributed by atoms with Crippen LogP contribution in [0, 0.1) is 0 Å². The van der Waals surface area contributed by atoms with E-state index in [1.54, 1.807) is 0 Å². The summed E-state index contributed by atoms with van der Waals surface area (Å²) < 4.78 is 4.46. The van der Waals surface area contributed by atoms with E-state index in [4.69, 9.17) is 15.3 Å². The van der Waals surface area contributed by atoms with Gasteiger partial charge in [-0.15, -0.1) is 0 Å². The number of hydrogen-bond acceptors (Lipinski definition) is 6. The molecule has 1 aliphatic heterocycles. The molecule has 0 aliphatic carbocycles. The molecule has 14 heavy (non-hydrogen) atoms. The summed E-state index contributed by atoms with van der Waals surface area (Å²) in [6.07, 6.45) is -7.08. The maximum atomic E-state index is 10.8. The van der Waals surface area contributed by atoms with Crippen molar-refractivity contribution in [1.29, 1.82) is 0 Å². The largest absolute Gasteiger partial charge is 0.479 e. The Morgan fingerprint density at radius 3 is 2.57 bits per heavy atom. The molecule has 7 heteroatoms. The highest BCUT2D eigenvalue weighted by atomic mass is 16.6. The molecule has 0 saturated carbocycles. The molecule has 1 unspecified atom stereocenters. The second kappa shape index (κ2) is 4.01. The van der Waals surface area contributed by atoms with Crippen LogP contribution in [0.5, 0.6) is 0 Å². The van der Waals surface area contributed by atoms with E-state index in [9.17, 15) is 14.7 Å². The van der Waals surface area contributed by atoms with Crippen LogP contribution in [0.4, 0.5) is 0 Å². The molecule has 0 aromatic carbocycles. The standard InChI is InChI=1S/C7H10O7/c8-2-1-3(9)7(13)14-5(2)4(10)6(11)12/h2,4-5,7-8,10,13H,1H2,(H,11,12)/t2-,4?,5-,7+/m0/s1. The average molecular weight is 206 g/mol. The maximum Gasteiger partial charge on any atom is 0.335 e. The van der Waals surface area contributed by atoms with Gasteiger partial charge in [-0.05, 0) is 0 Å². The van der Waals surface area contributed by atoms with E-state index >= 15 is 0 Å². The molecule has 7 nitrogen and oxygen atoms in total. The van der Waals surface area contributed by atoms with Crippen molar-refractivity contribution in [3.8, 4) is 0 Å². The summed E-state index contributed by atoms with van der Waals surface area (Å²) in [6, 6.07) is 0. The van der Waals surface area contributed by atoms with Gasteiger partial charge in [-0.25, -0.2) is 4.79 Å². The first-order valence-corrected chi connectivity index (χ1v) is 3.88. The van der Waals surface area contributed by atoms with Crippen molar-refractivity contribution in [3.05, 3.63) is 0 Å². The van der Waals surface area contributed by atoms with E-state index < -0.39 is 42.8 Å². The van der Waals surface area contributed by atoms with Crippen LogP contribution < -0.4 is 0 Å². The molecule has 80 valence electrons. The van der Waals surface area contributed by atoms with Crippen LogP contribution in [0.1, 0.15) is 6.42 Å². The van der Waals surface area contributed by atoms with Gasteiger partial charge in [0.25, 0.3) is 0 Å². The van der Waals surface area contributed by atoms with E-state index in [-0.39, 0.29) is 0 Å². The van der Waals surface area contributed by atoms with Crippen molar-refractivity contribution in [1.82, 2.24) is 0 Å². The number of carbonyl (C=O) groups excluding carboxylic acids is 1. The number of hydrogen-bond donors (Lipinski definition) is 4. The summed E-state index contributed by atoms with van der Waals surface area (Å²) in [4.78, 5) is 21.1. The van der Waals surface area contributed by atoms with Gasteiger partial charge in [0.1, 0.15) is 6.10 Å². The fourth-order valence-electron chi connectivity index (χ4n) is 1.16. The van der Waals surface area contributed by atoms with E-state index in [1.165, 1.54) is 0 Å². The second-order valence-corrected chi connectivity index (χ2v) is 2.97. The van der Waals surface area contributed by atoms with Crippen LogP contribution in [0.3, 0.4) is 0 Å². The Labute approximate surface area is 78.5 Å². The Kier molecular flexibility index (Phi) is 3.17. The fourth-order valence-corrected chi connectivity index (χ4v) is 1.16. The molecule has 0 bridgehead atoms. The molecule has 0 radical (unpaired) electrons. The number of carbonyl (C=O) groups is 2. The number of rotatable bonds is 2. The van der Waals surface area contributed by atoms with Crippen molar-refractivity contribution >= 4 is 11.8 Å². The third kappa shape index (κ3) is 2.07. The topological polar surface area (TPSA) is 124 Å². The van der Waals surface area contributed by atoms with Crippen LogP contribution in [0.25, 0.3) is 0 Å². The van der Waals surface area contributed by atoms with Gasteiger partial charge in [0, 0.05) is 6.42 Å². The second-order valence-electron chi connectivity index (χ2n) is 2.97. The summed E-state index contributed by atoms with van der Waals surface area (Å²) in [5.74, 6) is -2.33. The highest BCUT2D eigenvalue weighted by molar-refractivity contribution is 5.83. The number of aliphatic hydroxyl groups excluding tert-OH is 3. The highest BCUT2D eigenvalue weighted by Crippen LogP contribution is 2.18. The summed E-state index contributed by atoms with van der Waals surface area (Å²) >= 11 is 0. The number of ether oxygens (including phenoxy) is 1. The first kappa shape index (κ1) is 11.1. The van der Waals surface area contributed by atoms with Gasteiger partial charge in [0.15, 0.2) is 11.9 Å². The monoisotopic (exact) mass is 206 g/mol. The van der Waals surface area contributed by atoms with Gasteiger partial charge in [0.05, 0.1) is 6.10 Å². The lowest BCUT2D eigenvalue weighted by Gasteiger charge is -2.31. The lowest BCUT2D eigenvalue weighted by molar-refractivity contribution is -0.220. The molecule has 0 spiro atoms. The lowest BCUT2D eigenvalue weighted by Crippen LogP contribution is -2.52. The van der Waals surface area contributed by atoms with Gasteiger partial charge in [-0.3, -0.25) is 4.79 Å². The fraction of sp³-hybridized carbons (Fsp3) is 0.714. The summed E-state index contributed by atoms with van der Waals surface area (Å²) in [7, 11) is 0. The zero-order valence-corrected chi connectivity index (χ0v) is 7.03. The van der Waals surface area contributed by atoms with Crippen LogP contribution in [0.15, 0.2) is 0 Å². The van der Waals surface area contributed by atoms with Crippen LogP contribution in [0.2, 0.25) is 0 Å². The summed E-state index contributed by atoms with van der Waals surface area (Å²) in [6.45, 7) is 0. The lowest BCUT2D eigenvalue weighted by atomic mass is 9.99. The smallest absolute Gasteiger partial charge is 0.335 e. The third-order valence-electron chi connectivity index (χ3n) is 1.92. The minimum Gasteiger partial charge on any atom is -0.479 e. The molecule has 1 heterocycles. The number of Topliss-reactive ketones (excluding diaryl/α,β-unsaturated/α-hetero) is 1. The van der Waals surface area contributed by atoms with Gasteiger partial charge in [-0.1, -0.05) is 0 Å². The van der Waals surface area contributed by atoms with E-state index in [0.29, 0.717) is 0 Å². The predicted molar refractivity (Wildman–Crippen MR) is 40.2 cm³/mol. The average Bonchev–Trinajstić information content (AvgIpc) is 2.10. The van der Waals surface area contributed by atoms with Crippen LogP contribution in [-0.2, 0) is 14.3 Å². The molecule has 1 fully saturated rings. The molecular formula is C7H10O7. The van der Waals surface area contributed by atoms with Crippen LogP contribution >= 0.6 is 0 Å². The summed E-state index contributed by atoms with van der Waals surface area (Å²) in [5, 5.41) is 35.5. The number of aliphatic hydroxyl groups is 3. The Morgan fingerprint density at radius 2 is 2.07 bits per heavy atom.